The van der Waals surface area contributed by atoms with Crippen LogP contribution < -0.4 is 4.74 Å². The fraction of sp³-hybridized carbons (Fsp3) is 0.333. The first-order chi connectivity index (χ1) is 8.49. The molecule has 0 radical (unpaired) electrons. The van der Waals surface area contributed by atoms with Gasteiger partial charge in [-0.15, -0.1) is 6.58 Å². The minimum absolute atomic E-state index is 0.173. The lowest BCUT2D eigenvalue weighted by Gasteiger charge is -2.15. The summed E-state index contributed by atoms with van der Waals surface area (Å²) in [5, 5.41) is 0. The largest absolute Gasteiger partial charge is 0.489 e. The lowest BCUT2D eigenvalue weighted by molar-refractivity contribution is 0.189. The van der Waals surface area contributed by atoms with Crippen molar-refractivity contribution in [2.45, 2.75) is 12.0 Å². The maximum Gasteiger partial charge on any atom is 0.135 e. The number of hydrogen-bond donors (Lipinski definition) is 0. The first-order valence-corrected chi connectivity index (χ1v) is 8.37. The van der Waals surface area contributed by atoms with Crippen molar-refractivity contribution in [2.75, 3.05) is 13.2 Å². The molecule has 0 aromatic heterocycles. The van der Waals surface area contributed by atoms with E-state index in [2.05, 4.69) is 70.3 Å². The fourth-order valence-electron chi connectivity index (χ4n) is 1.49. The molecule has 1 saturated heterocycles. The monoisotopic (exact) mass is 502 g/mol. The fourth-order valence-corrected chi connectivity index (χ4v) is 3.58. The second-order valence-electron chi connectivity index (χ2n) is 4.05. The van der Waals surface area contributed by atoms with Gasteiger partial charge in [0.25, 0.3) is 0 Å². The van der Waals surface area contributed by atoms with E-state index < -0.39 is 0 Å². The van der Waals surface area contributed by atoms with Crippen molar-refractivity contribution in [1.82, 2.24) is 0 Å². The van der Waals surface area contributed by atoms with Gasteiger partial charge in [0.1, 0.15) is 18.0 Å². The normalized spacial score (nSPS) is 21.8. The Morgan fingerprint density at radius 3 is 2.50 bits per heavy atom. The Labute approximate surface area is 140 Å². The Kier molecular flexibility index (Phi) is 4.97. The topological polar surface area (TPSA) is 21.8 Å². The van der Waals surface area contributed by atoms with Crippen molar-refractivity contribution >= 4 is 63.7 Å². The molecule has 0 aliphatic carbocycles. The Bertz CT molecular complexity index is 483. The summed E-state index contributed by atoms with van der Waals surface area (Å²) in [6.07, 6.45) is 2.67. The van der Waals surface area contributed by atoms with E-state index in [0.29, 0.717) is 6.61 Å². The molecule has 2 rings (SSSR count). The van der Waals surface area contributed by atoms with Gasteiger partial charge in [-0.3, -0.25) is 0 Å². The van der Waals surface area contributed by atoms with Crippen LogP contribution in [0.4, 0.5) is 0 Å². The van der Waals surface area contributed by atoms with E-state index >= 15 is 0 Å². The molecule has 1 heterocycles. The molecule has 0 spiro atoms. The van der Waals surface area contributed by atoms with Gasteiger partial charge in [0.2, 0.25) is 0 Å². The van der Waals surface area contributed by atoms with E-state index in [1.165, 1.54) is 0 Å². The zero-order valence-electron chi connectivity index (χ0n) is 9.31. The van der Waals surface area contributed by atoms with Gasteiger partial charge in [-0.05, 0) is 76.2 Å². The molecular weight excluding hydrogens is 496 g/mol. The van der Waals surface area contributed by atoms with Crippen molar-refractivity contribution in [2.24, 2.45) is 0 Å². The first-order valence-electron chi connectivity index (χ1n) is 5.20. The molecule has 1 atom stereocenters. The summed E-state index contributed by atoms with van der Waals surface area (Å²) in [4.78, 5) is 0. The molecule has 6 heteroatoms. The number of epoxide rings is 1. The molecule has 0 saturated carbocycles. The first kappa shape index (κ1) is 15.0. The molecule has 1 unspecified atom stereocenters. The summed E-state index contributed by atoms with van der Waals surface area (Å²) in [5.41, 5.74) is -0.173. The van der Waals surface area contributed by atoms with E-state index in [-0.39, 0.29) is 5.60 Å². The van der Waals surface area contributed by atoms with E-state index in [9.17, 15) is 0 Å². The molecule has 1 fully saturated rings. The molecule has 0 amide bonds. The summed E-state index contributed by atoms with van der Waals surface area (Å²) in [6.45, 7) is 4.99. The molecule has 0 bridgehead atoms. The molecule has 1 aliphatic heterocycles. The van der Waals surface area contributed by atoms with Crippen molar-refractivity contribution in [3.63, 3.8) is 0 Å². The van der Waals surface area contributed by atoms with Crippen LogP contribution in [0.5, 0.6) is 5.75 Å². The third-order valence-corrected chi connectivity index (χ3v) is 7.25. The smallest absolute Gasteiger partial charge is 0.135 e. The summed E-state index contributed by atoms with van der Waals surface area (Å²) in [6, 6.07) is 1.92. The molecule has 1 aromatic carbocycles. The van der Waals surface area contributed by atoms with Gasteiger partial charge in [-0.2, -0.15) is 0 Å². The molecule has 18 heavy (non-hydrogen) atoms. The molecule has 98 valence electrons. The van der Waals surface area contributed by atoms with Gasteiger partial charge in [0.05, 0.1) is 15.6 Å². The number of halogens is 4. The standard InChI is InChI=1S/C12H10Br4O2/c1-2-3-12(6-18-12)5-17-8-4-7(13)9(14)11(16)10(8)15/h2,4H,1,3,5-6H2. The highest BCUT2D eigenvalue weighted by molar-refractivity contribution is 9.15. The molecule has 2 nitrogen and oxygen atoms in total. The van der Waals surface area contributed by atoms with Crippen molar-refractivity contribution in [3.8, 4) is 5.75 Å². The summed E-state index contributed by atoms with van der Waals surface area (Å²) >= 11 is 14.0. The second-order valence-corrected chi connectivity index (χ2v) is 7.28. The minimum atomic E-state index is -0.173. The van der Waals surface area contributed by atoms with Crippen LogP contribution in [0.1, 0.15) is 6.42 Å². The summed E-state index contributed by atoms with van der Waals surface area (Å²) < 4.78 is 15.0. The maximum absolute atomic E-state index is 5.83. The predicted octanol–water partition coefficient (Wildman–Crippen LogP) is 5.46. The highest BCUT2D eigenvalue weighted by Gasteiger charge is 2.44. The van der Waals surface area contributed by atoms with Crippen LogP contribution in [0, 0.1) is 0 Å². The average Bonchev–Trinajstić information content (AvgIpc) is 3.10. The van der Waals surface area contributed by atoms with E-state index in [1.54, 1.807) is 0 Å². The summed E-state index contributed by atoms with van der Waals surface area (Å²) in [7, 11) is 0. The van der Waals surface area contributed by atoms with Crippen LogP contribution in [-0.2, 0) is 4.74 Å². The van der Waals surface area contributed by atoms with Gasteiger partial charge in [-0.1, -0.05) is 6.08 Å². The SMILES string of the molecule is C=CCC1(COc2cc(Br)c(Br)c(Br)c2Br)CO1. The maximum atomic E-state index is 5.83. The molecular formula is C12H10Br4O2. The van der Waals surface area contributed by atoms with Gasteiger partial charge in [-0.25, -0.2) is 0 Å². The van der Waals surface area contributed by atoms with Gasteiger partial charge < -0.3 is 9.47 Å². The number of rotatable bonds is 5. The number of benzene rings is 1. The van der Waals surface area contributed by atoms with E-state index in [0.717, 1.165) is 36.7 Å². The highest BCUT2D eigenvalue weighted by Crippen LogP contribution is 2.43. The molecule has 1 aliphatic rings. The lowest BCUT2D eigenvalue weighted by atomic mass is 10.1. The zero-order chi connectivity index (χ0) is 13.3. The Morgan fingerprint density at radius 1 is 1.28 bits per heavy atom. The minimum Gasteiger partial charge on any atom is -0.489 e. The van der Waals surface area contributed by atoms with Crippen LogP contribution in [0.25, 0.3) is 0 Å². The molecule has 0 N–H and O–H groups in total. The predicted molar refractivity (Wildman–Crippen MR) is 86.2 cm³/mol. The summed E-state index contributed by atoms with van der Waals surface area (Å²) in [5.74, 6) is 0.774. The van der Waals surface area contributed by atoms with E-state index in [4.69, 9.17) is 9.47 Å². The quantitative estimate of drug-likeness (QED) is 0.229. The van der Waals surface area contributed by atoms with E-state index in [1.807, 2.05) is 12.1 Å². The van der Waals surface area contributed by atoms with Crippen molar-refractivity contribution in [1.29, 1.82) is 0 Å². The Hall–Kier alpha value is 0.640. The van der Waals surface area contributed by atoms with Crippen LogP contribution >= 0.6 is 63.7 Å². The van der Waals surface area contributed by atoms with Crippen LogP contribution in [0.3, 0.4) is 0 Å². The van der Waals surface area contributed by atoms with Gasteiger partial charge >= 0.3 is 0 Å². The van der Waals surface area contributed by atoms with Gasteiger partial charge in [0.15, 0.2) is 0 Å². The Morgan fingerprint density at radius 2 is 1.94 bits per heavy atom. The third-order valence-electron chi connectivity index (χ3n) is 2.63. The lowest BCUT2D eigenvalue weighted by Crippen LogP contribution is -2.20. The van der Waals surface area contributed by atoms with Crippen LogP contribution in [0.2, 0.25) is 0 Å². The van der Waals surface area contributed by atoms with Gasteiger partial charge in [0, 0.05) is 8.95 Å². The second kappa shape index (κ2) is 5.95. The number of hydrogen-bond acceptors (Lipinski definition) is 2. The Balaban J connectivity index is 2.13. The average molecular weight is 506 g/mol. The van der Waals surface area contributed by atoms with Crippen LogP contribution in [0.15, 0.2) is 36.6 Å². The van der Waals surface area contributed by atoms with Crippen molar-refractivity contribution in [3.05, 3.63) is 36.6 Å². The van der Waals surface area contributed by atoms with Crippen LogP contribution in [-0.4, -0.2) is 18.8 Å². The van der Waals surface area contributed by atoms with Crippen molar-refractivity contribution < 1.29 is 9.47 Å². The molecule has 1 aromatic rings. The highest BCUT2D eigenvalue weighted by atomic mass is 79.9. The zero-order valence-corrected chi connectivity index (χ0v) is 15.7. The number of ether oxygens (including phenoxy) is 2. The third kappa shape index (κ3) is 3.20.